The number of rotatable bonds is 7. The van der Waals surface area contributed by atoms with E-state index in [2.05, 4.69) is 5.32 Å². The maximum Gasteiger partial charge on any atom is 0.307 e. The van der Waals surface area contributed by atoms with Crippen LogP contribution in [0.2, 0.25) is 0 Å². The van der Waals surface area contributed by atoms with Gasteiger partial charge in [-0.25, -0.2) is 0 Å². The molecule has 0 aromatic heterocycles. The lowest BCUT2D eigenvalue weighted by Gasteiger charge is -2.25. The van der Waals surface area contributed by atoms with Gasteiger partial charge in [-0.2, -0.15) is 0 Å². The van der Waals surface area contributed by atoms with Gasteiger partial charge in [-0.1, -0.05) is 27.7 Å². The number of nitrogens with one attached hydrogen (secondary N) is 1. The summed E-state index contributed by atoms with van der Waals surface area (Å²) in [5.41, 5.74) is -0.184. The molecule has 0 aliphatic heterocycles. The highest BCUT2D eigenvalue weighted by molar-refractivity contribution is 5.84. The molecule has 0 bridgehead atoms. The van der Waals surface area contributed by atoms with E-state index in [0.717, 1.165) is 0 Å². The van der Waals surface area contributed by atoms with Crippen molar-refractivity contribution in [1.82, 2.24) is 5.32 Å². The van der Waals surface area contributed by atoms with Gasteiger partial charge in [0.2, 0.25) is 5.91 Å². The van der Waals surface area contributed by atoms with Crippen molar-refractivity contribution in [3.8, 4) is 0 Å². The second kappa shape index (κ2) is 6.59. The largest absolute Gasteiger partial charge is 0.481 e. The lowest BCUT2D eigenvalue weighted by Crippen LogP contribution is -2.40. The fourth-order valence-electron chi connectivity index (χ4n) is 1.32. The number of amides is 1. The monoisotopic (exact) mass is 245 g/mol. The van der Waals surface area contributed by atoms with Gasteiger partial charge in [-0.15, -0.1) is 0 Å². The Bertz CT molecular complexity index is 276. The quantitative estimate of drug-likeness (QED) is 0.621. The average Bonchev–Trinajstić information content (AvgIpc) is 2.23. The van der Waals surface area contributed by atoms with Crippen molar-refractivity contribution in [3.63, 3.8) is 0 Å². The third-order valence-electron chi connectivity index (χ3n) is 3.08. The molecule has 2 atom stereocenters. The van der Waals surface area contributed by atoms with E-state index in [0.29, 0.717) is 13.0 Å². The summed E-state index contributed by atoms with van der Waals surface area (Å²) in [6.07, 6.45) is 0.593. The molecule has 3 N–H and O–H groups in total. The Labute approximate surface area is 102 Å². The second-order valence-corrected chi connectivity index (χ2v) is 5.27. The van der Waals surface area contributed by atoms with E-state index < -0.39 is 17.8 Å². The van der Waals surface area contributed by atoms with E-state index in [4.69, 9.17) is 10.2 Å². The van der Waals surface area contributed by atoms with Crippen LogP contribution in [0.5, 0.6) is 0 Å². The molecular formula is C12H23NO4. The molecule has 0 saturated carbocycles. The van der Waals surface area contributed by atoms with Gasteiger partial charge in [-0.05, 0) is 11.8 Å². The smallest absolute Gasteiger partial charge is 0.307 e. The first kappa shape index (κ1) is 15.9. The third kappa shape index (κ3) is 5.68. The molecule has 0 rings (SSSR count). The number of aliphatic hydroxyl groups is 1. The van der Waals surface area contributed by atoms with Crippen molar-refractivity contribution in [2.75, 3.05) is 13.2 Å². The first-order valence-corrected chi connectivity index (χ1v) is 5.82. The van der Waals surface area contributed by atoms with E-state index in [1.807, 2.05) is 13.8 Å². The third-order valence-corrected chi connectivity index (χ3v) is 3.08. The summed E-state index contributed by atoms with van der Waals surface area (Å²) in [5.74, 6) is -2.48. The van der Waals surface area contributed by atoms with Gasteiger partial charge in [0.1, 0.15) is 0 Å². The molecule has 0 heterocycles. The van der Waals surface area contributed by atoms with Crippen molar-refractivity contribution >= 4 is 11.9 Å². The highest BCUT2D eigenvalue weighted by Crippen LogP contribution is 2.19. The molecule has 0 aliphatic carbocycles. The summed E-state index contributed by atoms with van der Waals surface area (Å²) < 4.78 is 0. The van der Waals surface area contributed by atoms with Crippen LogP contribution < -0.4 is 5.32 Å². The second-order valence-electron chi connectivity index (χ2n) is 5.27. The Morgan fingerprint density at radius 3 is 2.18 bits per heavy atom. The normalized spacial score (nSPS) is 15.1. The number of hydrogen-bond acceptors (Lipinski definition) is 3. The minimum Gasteiger partial charge on any atom is -0.481 e. The zero-order valence-electron chi connectivity index (χ0n) is 11.0. The van der Waals surface area contributed by atoms with Gasteiger partial charge in [0, 0.05) is 19.1 Å². The van der Waals surface area contributed by atoms with Crippen LogP contribution in [-0.4, -0.2) is 35.2 Å². The van der Waals surface area contributed by atoms with Crippen molar-refractivity contribution in [3.05, 3.63) is 0 Å². The van der Waals surface area contributed by atoms with Crippen molar-refractivity contribution < 1.29 is 19.8 Å². The standard InChI is InChI=1S/C12H23NO4/c1-8(9(2)11(16)17)10(15)13-7-12(3,4)5-6-14/h8-9,14H,5-7H2,1-4H3,(H,13,15)(H,16,17). The Balaban J connectivity index is 4.23. The van der Waals surface area contributed by atoms with Gasteiger partial charge in [0.05, 0.1) is 5.92 Å². The molecule has 0 spiro atoms. The molecule has 0 radical (unpaired) electrons. The van der Waals surface area contributed by atoms with Crippen LogP contribution in [0, 0.1) is 17.3 Å². The van der Waals surface area contributed by atoms with Crippen LogP contribution in [0.3, 0.4) is 0 Å². The molecule has 5 heteroatoms. The number of hydrogen-bond donors (Lipinski definition) is 3. The number of aliphatic hydroxyl groups excluding tert-OH is 1. The highest BCUT2D eigenvalue weighted by atomic mass is 16.4. The molecule has 0 saturated heterocycles. The molecule has 0 aromatic rings. The summed E-state index contributed by atoms with van der Waals surface area (Å²) in [4.78, 5) is 22.4. The van der Waals surface area contributed by atoms with Gasteiger partial charge < -0.3 is 15.5 Å². The fraction of sp³-hybridized carbons (Fsp3) is 0.833. The maximum absolute atomic E-state index is 11.7. The highest BCUT2D eigenvalue weighted by Gasteiger charge is 2.27. The molecule has 0 aliphatic rings. The van der Waals surface area contributed by atoms with Gasteiger partial charge in [0.15, 0.2) is 0 Å². The zero-order chi connectivity index (χ0) is 13.6. The summed E-state index contributed by atoms with van der Waals surface area (Å²) in [5, 5.41) is 20.4. The predicted octanol–water partition coefficient (Wildman–Crippen LogP) is 0.868. The summed E-state index contributed by atoms with van der Waals surface area (Å²) in [6, 6.07) is 0. The first-order chi connectivity index (χ1) is 7.71. The number of carbonyl (C=O) groups excluding carboxylic acids is 1. The fourth-order valence-corrected chi connectivity index (χ4v) is 1.32. The van der Waals surface area contributed by atoms with Crippen LogP contribution in [0.25, 0.3) is 0 Å². The van der Waals surface area contributed by atoms with Crippen LogP contribution in [-0.2, 0) is 9.59 Å². The molecule has 0 aromatic carbocycles. The van der Waals surface area contributed by atoms with E-state index in [1.54, 1.807) is 6.92 Å². The minimum atomic E-state index is -0.970. The number of carboxylic acid groups (broad SMARTS) is 1. The van der Waals surface area contributed by atoms with E-state index in [1.165, 1.54) is 6.92 Å². The van der Waals surface area contributed by atoms with E-state index >= 15 is 0 Å². The number of aliphatic carboxylic acids is 1. The Kier molecular flexibility index (Phi) is 6.16. The Morgan fingerprint density at radius 1 is 1.24 bits per heavy atom. The molecule has 17 heavy (non-hydrogen) atoms. The van der Waals surface area contributed by atoms with Crippen molar-refractivity contribution in [2.45, 2.75) is 34.1 Å². The van der Waals surface area contributed by atoms with Crippen LogP contribution >= 0.6 is 0 Å². The van der Waals surface area contributed by atoms with Gasteiger partial charge >= 0.3 is 5.97 Å². The Hall–Kier alpha value is -1.10. The van der Waals surface area contributed by atoms with E-state index in [-0.39, 0.29) is 17.9 Å². The van der Waals surface area contributed by atoms with Gasteiger partial charge in [0.25, 0.3) is 0 Å². The van der Waals surface area contributed by atoms with Crippen LogP contribution in [0.15, 0.2) is 0 Å². The van der Waals surface area contributed by atoms with Crippen LogP contribution in [0.4, 0.5) is 0 Å². The van der Waals surface area contributed by atoms with Crippen molar-refractivity contribution in [2.24, 2.45) is 17.3 Å². The molecular weight excluding hydrogens is 222 g/mol. The first-order valence-electron chi connectivity index (χ1n) is 5.82. The molecule has 1 amide bonds. The SMILES string of the molecule is CC(C(=O)O)C(C)C(=O)NCC(C)(C)CCO. The summed E-state index contributed by atoms with van der Waals surface area (Å²) in [6.45, 7) is 7.51. The molecule has 5 nitrogen and oxygen atoms in total. The number of carboxylic acids is 1. The topological polar surface area (TPSA) is 86.6 Å². The zero-order valence-corrected chi connectivity index (χ0v) is 11.0. The number of carbonyl (C=O) groups is 2. The maximum atomic E-state index is 11.7. The molecule has 2 unspecified atom stereocenters. The van der Waals surface area contributed by atoms with Gasteiger partial charge in [-0.3, -0.25) is 9.59 Å². The van der Waals surface area contributed by atoms with Crippen molar-refractivity contribution in [1.29, 1.82) is 0 Å². The van der Waals surface area contributed by atoms with E-state index in [9.17, 15) is 9.59 Å². The lowest BCUT2D eigenvalue weighted by molar-refractivity contribution is -0.146. The van der Waals surface area contributed by atoms with Crippen LogP contribution in [0.1, 0.15) is 34.1 Å². The molecule has 100 valence electrons. The summed E-state index contributed by atoms with van der Waals surface area (Å²) in [7, 11) is 0. The lowest BCUT2D eigenvalue weighted by atomic mass is 9.89. The summed E-state index contributed by atoms with van der Waals surface area (Å²) >= 11 is 0. The molecule has 0 fully saturated rings. The average molecular weight is 245 g/mol. The predicted molar refractivity (Wildman–Crippen MR) is 64.5 cm³/mol. The minimum absolute atomic E-state index is 0.0734. The Morgan fingerprint density at radius 2 is 1.76 bits per heavy atom.